The van der Waals surface area contributed by atoms with Crippen molar-refractivity contribution in [3.8, 4) is 0 Å². The molecule has 12 heavy (non-hydrogen) atoms. The van der Waals surface area contributed by atoms with Gasteiger partial charge >= 0.3 is 0 Å². The summed E-state index contributed by atoms with van der Waals surface area (Å²) < 4.78 is 5.29. The summed E-state index contributed by atoms with van der Waals surface area (Å²) in [5, 5.41) is 4.43. The molecule has 0 saturated carbocycles. The Hall–Kier alpha value is -1.15. The van der Waals surface area contributed by atoms with E-state index in [2.05, 4.69) is 5.32 Å². The van der Waals surface area contributed by atoms with Gasteiger partial charge in [-0.2, -0.15) is 0 Å². The second-order valence-corrected chi connectivity index (χ2v) is 2.84. The molecule has 2 nitrogen and oxygen atoms in total. The van der Waals surface area contributed by atoms with Gasteiger partial charge in [-0.1, -0.05) is 12.1 Å². The van der Waals surface area contributed by atoms with Crippen LogP contribution >= 0.6 is 11.6 Å². The van der Waals surface area contributed by atoms with E-state index in [0.717, 1.165) is 16.7 Å². The molecule has 1 N–H and O–H groups in total. The van der Waals surface area contributed by atoms with E-state index in [9.17, 15) is 0 Å². The van der Waals surface area contributed by atoms with Crippen molar-refractivity contribution in [1.82, 2.24) is 0 Å². The van der Waals surface area contributed by atoms with Gasteiger partial charge in [0, 0.05) is 12.4 Å². The Balaban J connectivity index is 2.81. The highest BCUT2D eigenvalue weighted by atomic mass is 35.5. The first kappa shape index (κ1) is 7.50. The number of furan rings is 1. The molecule has 0 aliphatic carbocycles. The number of benzene rings is 1. The molecule has 1 heterocycles. The Bertz CT molecular complexity index is 408. The number of halogens is 1. The minimum atomic E-state index is 0.415. The van der Waals surface area contributed by atoms with Gasteiger partial charge in [0.2, 0.25) is 5.22 Å². The van der Waals surface area contributed by atoms with Crippen molar-refractivity contribution in [3.05, 3.63) is 29.5 Å². The molecule has 0 bridgehead atoms. The Labute approximate surface area is 75.1 Å². The Morgan fingerprint density at radius 2 is 2.08 bits per heavy atom. The van der Waals surface area contributed by atoms with E-state index in [1.54, 1.807) is 0 Å². The van der Waals surface area contributed by atoms with E-state index >= 15 is 0 Å². The van der Waals surface area contributed by atoms with E-state index in [0.29, 0.717) is 5.22 Å². The SMILES string of the molecule is CNc1c(Cl)oc2ccccc12. The van der Waals surface area contributed by atoms with Crippen molar-refractivity contribution in [1.29, 1.82) is 0 Å². The van der Waals surface area contributed by atoms with Gasteiger partial charge in [0.05, 0.1) is 0 Å². The maximum Gasteiger partial charge on any atom is 0.217 e. The maximum absolute atomic E-state index is 5.84. The van der Waals surface area contributed by atoms with Crippen LogP contribution in [0.2, 0.25) is 5.22 Å². The summed E-state index contributed by atoms with van der Waals surface area (Å²) in [7, 11) is 1.82. The number of rotatable bonds is 1. The highest BCUT2D eigenvalue weighted by molar-refractivity contribution is 6.33. The molecule has 0 atom stereocenters. The monoisotopic (exact) mass is 181 g/mol. The predicted octanol–water partition coefficient (Wildman–Crippen LogP) is 3.13. The van der Waals surface area contributed by atoms with Crippen LogP contribution in [0.25, 0.3) is 11.0 Å². The summed E-state index contributed by atoms with van der Waals surface area (Å²) in [5.74, 6) is 0. The molecule has 2 rings (SSSR count). The number of hydrogen-bond donors (Lipinski definition) is 1. The summed E-state index contributed by atoms with van der Waals surface area (Å²) in [6.07, 6.45) is 0. The molecule has 0 amide bonds. The minimum Gasteiger partial charge on any atom is -0.442 e. The normalized spacial score (nSPS) is 10.5. The fourth-order valence-corrected chi connectivity index (χ4v) is 1.53. The van der Waals surface area contributed by atoms with E-state index in [-0.39, 0.29) is 0 Å². The molecular formula is C9H8ClNO. The molecule has 0 radical (unpaired) electrons. The molecule has 1 aromatic heterocycles. The van der Waals surface area contributed by atoms with Crippen molar-refractivity contribution >= 4 is 28.3 Å². The molecular weight excluding hydrogens is 174 g/mol. The van der Waals surface area contributed by atoms with Crippen molar-refractivity contribution in [2.45, 2.75) is 0 Å². The van der Waals surface area contributed by atoms with Gasteiger partial charge in [-0.3, -0.25) is 0 Å². The summed E-state index contributed by atoms with van der Waals surface area (Å²) in [5.41, 5.74) is 1.67. The molecule has 0 aliphatic heterocycles. The lowest BCUT2D eigenvalue weighted by atomic mass is 10.2. The van der Waals surface area contributed by atoms with Crippen LogP contribution in [0.15, 0.2) is 28.7 Å². The third-order valence-corrected chi connectivity index (χ3v) is 2.07. The number of para-hydroxylation sites is 1. The van der Waals surface area contributed by atoms with E-state index in [1.165, 1.54) is 0 Å². The van der Waals surface area contributed by atoms with Crippen LogP contribution in [0.4, 0.5) is 5.69 Å². The van der Waals surface area contributed by atoms with E-state index < -0.39 is 0 Å². The number of anilines is 1. The molecule has 2 aromatic rings. The first-order valence-corrected chi connectivity index (χ1v) is 4.05. The highest BCUT2D eigenvalue weighted by Crippen LogP contribution is 2.33. The average Bonchev–Trinajstić information content (AvgIpc) is 2.40. The third kappa shape index (κ3) is 0.959. The molecule has 0 spiro atoms. The van der Waals surface area contributed by atoms with Crippen molar-refractivity contribution in [2.24, 2.45) is 0 Å². The molecule has 1 aromatic carbocycles. The minimum absolute atomic E-state index is 0.415. The van der Waals surface area contributed by atoms with Gasteiger partial charge in [0.15, 0.2) is 0 Å². The van der Waals surface area contributed by atoms with Crippen LogP contribution < -0.4 is 5.32 Å². The van der Waals surface area contributed by atoms with Crippen molar-refractivity contribution < 1.29 is 4.42 Å². The second kappa shape index (κ2) is 2.72. The van der Waals surface area contributed by atoms with Gasteiger partial charge in [0.1, 0.15) is 11.3 Å². The zero-order chi connectivity index (χ0) is 8.55. The fourth-order valence-electron chi connectivity index (χ4n) is 1.25. The zero-order valence-corrected chi connectivity index (χ0v) is 7.35. The molecule has 62 valence electrons. The molecule has 0 fully saturated rings. The van der Waals surface area contributed by atoms with Crippen LogP contribution in [-0.4, -0.2) is 7.05 Å². The third-order valence-electron chi connectivity index (χ3n) is 1.80. The Kier molecular flexibility index (Phi) is 1.70. The standard InChI is InChI=1S/C9H8ClNO/c1-11-8-6-4-2-3-5-7(6)12-9(8)10/h2-5,11H,1H3. The first-order chi connectivity index (χ1) is 5.83. The molecule has 0 unspecified atom stereocenters. The van der Waals surface area contributed by atoms with E-state index in [4.69, 9.17) is 16.0 Å². The first-order valence-electron chi connectivity index (χ1n) is 3.67. The lowest BCUT2D eigenvalue weighted by Crippen LogP contribution is -1.85. The largest absolute Gasteiger partial charge is 0.442 e. The number of hydrogen-bond acceptors (Lipinski definition) is 2. The van der Waals surface area contributed by atoms with Crippen LogP contribution in [0, 0.1) is 0 Å². The second-order valence-electron chi connectivity index (χ2n) is 2.50. The average molecular weight is 182 g/mol. The highest BCUT2D eigenvalue weighted by Gasteiger charge is 2.08. The van der Waals surface area contributed by atoms with Gasteiger partial charge < -0.3 is 9.73 Å². The van der Waals surface area contributed by atoms with Gasteiger partial charge in [0.25, 0.3) is 0 Å². The van der Waals surface area contributed by atoms with Crippen molar-refractivity contribution in [3.63, 3.8) is 0 Å². The summed E-state index contributed by atoms with van der Waals surface area (Å²) >= 11 is 5.84. The molecule has 0 saturated heterocycles. The topological polar surface area (TPSA) is 25.2 Å². The van der Waals surface area contributed by atoms with Crippen LogP contribution in [-0.2, 0) is 0 Å². The summed E-state index contributed by atoms with van der Waals surface area (Å²) in [6.45, 7) is 0. The molecule has 3 heteroatoms. The zero-order valence-electron chi connectivity index (χ0n) is 6.60. The number of fused-ring (bicyclic) bond motifs is 1. The molecule has 0 aliphatic rings. The fraction of sp³-hybridized carbons (Fsp3) is 0.111. The summed E-state index contributed by atoms with van der Waals surface area (Å²) in [6, 6.07) is 7.73. The lowest BCUT2D eigenvalue weighted by molar-refractivity contribution is 0.619. The van der Waals surface area contributed by atoms with Gasteiger partial charge in [-0.15, -0.1) is 0 Å². The maximum atomic E-state index is 5.84. The smallest absolute Gasteiger partial charge is 0.217 e. The predicted molar refractivity (Wildman–Crippen MR) is 50.8 cm³/mol. The Morgan fingerprint density at radius 1 is 1.33 bits per heavy atom. The Morgan fingerprint density at radius 3 is 2.83 bits per heavy atom. The van der Waals surface area contributed by atoms with E-state index in [1.807, 2.05) is 31.3 Å². The quantitative estimate of drug-likeness (QED) is 0.731. The summed E-state index contributed by atoms with van der Waals surface area (Å²) in [4.78, 5) is 0. The number of nitrogens with one attached hydrogen (secondary N) is 1. The van der Waals surface area contributed by atoms with Crippen LogP contribution in [0.3, 0.4) is 0 Å². The van der Waals surface area contributed by atoms with Crippen LogP contribution in [0.5, 0.6) is 0 Å². The van der Waals surface area contributed by atoms with Gasteiger partial charge in [-0.05, 0) is 23.7 Å². The van der Waals surface area contributed by atoms with Gasteiger partial charge in [-0.25, -0.2) is 0 Å². The van der Waals surface area contributed by atoms with Crippen molar-refractivity contribution in [2.75, 3.05) is 12.4 Å². The van der Waals surface area contributed by atoms with Crippen LogP contribution in [0.1, 0.15) is 0 Å². The lowest BCUT2D eigenvalue weighted by Gasteiger charge is -1.93.